The zero-order valence-corrected chi connectivity index (χ0v) is 26.6. The molecule has 0 aliphatic heterocycles. The topological polar surface area (TPSA) is 14.8 Å². The molecule has 0 spiro atoms. The Balaban J connectivity index is 1.33. The number of rotatable bonds is 3. The van der Waals surface area contributed by atoms with Crippen LogP contribution >= 0.6 is 0 Å². The minimum Gasteiger partial charge on any atom is -0.309 e. The third-order valence-electron chi connectivity index (χ3n) is 10.4. The van der Waals surface area contributed by atoms with Gasteiger partial charge >= 0.3 is 0 Å². The summed E-state index contributed by atoms with van der Waals surface area (Å²) in [5, 5.41) is 10.0. The van der Waals surface area contributed by atoms with E-state index in [1.54, 1.807) is 0 Å². The molecule has 3 heteroatoms. The van der Waals surface area contributed by atoms with Crippen LogP contribution in [0.5, 0.6) is 0 Å². The van der Waals surface area contributed by atoms with Gasteiger partial charge in [-0.3, -0.25) is 0 Å². The van der Waals surface area contributed by atoms with Crippen molar-refractivity contribution in [3.63, 3.8) is 0 Å². The lowest BCUT2D eigenvalue weighted by Gasteiger charge is -2.12. The molecule has 11 rings (SSSR count). The van der Waals surface area contributed by atoms with E-state index >= 15 is 0 Å². The maximum atomic E-state index is 2.50. The Labute approximate surface area is 282 Å². The average molecular weight is 624 g/mol. The highest BCUT2D eigenvalue weighted by Gasteiger charge is 2.23. The van der Waals surface area contributed by atoms with Gasteiger partial charge in [-0.1, -0.05) is 109 Å². The highest BCUT2D eigenvalue weighted by molar-refractivity contribution is 6.27. The third kappa shape index (κ3) is 3.62. The predicted octanol–water partition coefficient (Wildman–Crippen LogP) is 12.1. The summed E-state index contributed by atoms with van der Waals surface area (Å²) in [6, 6.07) is 64.2. The van der Waals surface area contributed by atoms with Gasteiger partial charge in [0.15, 0.2) is 0 Å². The van der Waals surface area contributed by atoms with Gasteiger partial charge < -0.3 is 13.7 Å². The van der Waals surface area contributed by atoms with Crippen molar-refractivity contribution >= 4 is 76.2 Å². The van der Waals surface area contributed by atoms with E-state index in [2.05, 4.69) is 190 Å². The molecule has 0 fully saturated rings. The molecule has 49 heavy (non-hydrogen) atoms. The van der Waals surface area contributed by atoms with Crippen LogP contribution in [-0.4, -0.2) is 13.7 Å². The van der Waals surface area contributed by atoms with Crippen molar-refractivity contribution in [1.29, 1.82) is 0 Å². The Bertz CT molecular complexity index is 3090. The van der Waals surface area contributed by atoms with Gasteiger partial charge in [-0.15, -0.1) is 0 Å². The normalized spacial score (nSPS) is 12.1. The molecule has 8 aromatic carbocycles. The average Bonchev–Trinajstić information content (AvgIpc) is 3.80. The summed E-state index contributed by atoms with van der Waals surface area (Å²) in [5.74, 6) is 0. The fraction of sp³-hybridized carbons (Fsp3) is 0. The van der Waals surface area contributed by atoms with Crippen LogP contribution in [0.3, 0.4) is 0 Å². The minimum atomic E-state index is 1.16. The summed E-state index contributed by atoms with van der Waals surface area (Å²) >= 11 is 0. The van der Waals surface area contributed by atoms with Crippen molar-refractivity contribution in [2.45, 2.75) is 0 Å². The van der Waals surface area contributed by atoms with Crippen LogP contribution in [0, 0.1) is 0 Å². The predicted molar refractivity (Wildman–Crippen MR) is 207 cm³/mol. The molecule has 3 aromatic heterocycles. The fourth-order valence-corrected chi connectivity index (χ4v) is 8.39. The van der Waals surface area contributed by atoms with Crippen molar-refractivity contribution in [1.82, 2.24) is 13.7 Å². The van der Waals surface area contributed by atoms with Crippen molar-refractivity contribution in [3.05, 3.63) is 176 Å². The van der Waals surface area contributed by atoms with E-state index in [1.807, 2.05) is 0 Å². The van der Waals surface area contributed by atoms with E-state index in [-0.39, 0.29) is 0 Å². The van der Waals surface area contributed by atoms with Gasteiger partial charge in [-0.2, -0.15) is 0 Å². The van der Waals surface area contributed by atoms with Crippen LogP contribution < -0.4 is 0 Å². The SMILES string of the molecule is c1ccc(-n2c3ccccc3c3c(-n4c5ccccc5c5c4ccc4c6cc7ccccc7cc6n(-c6ccccc6)c45)cccc32)cc1. The van der Waals surface area contributed by atoms with Gasteiger partial charge in [-0.05, 0) is 77.5 Å². The molecule has 0 unspecified atom stereocenters. The lowest BCUT2D eigenvalue weighted by molar-refractivity contribution is 1.17. The number of aromatic nitrogens is 3. The molecule has 0 saturated heterocycles. The lowest BCUT2D eigenvalue weighted by atomic mass is 10.0. The number of fused-ring (bicyclic) bond motifs is 11. The van der Waals surface area contributed by atoms with Crippen molar-refractivity contribution in [2.24, 2.45) is 0 Å². The van der Waals surface area contributed by atoms with Gasteiger partial charge in [-0.25, -0.2) is 0 Å². The second-order valence-electron chi connectivity index (χ2n) is 13.0. The number of nitrogens with zero attached hydrogens (tertiary/aromatic N) is 3. The van der Waals surface area contributed by atoms with Gasteiger partial charge in [0.1, 0.15) is 0 Å². The maximum absolute atomic E-state index is 2.50. The minimum absolute atomic E-state index is 1.16. The Morgan fingerprint density at radius 3 is 1.57 bits per heavy atom. The summed E-state index contributed by atoms with van der Waals surface area (Å²) in [5.41, 5.74) is 10.8. The highest BCUT2D eigenvalue weighted by atomic mass is 15.0. The van der Waals surface area contributed by atoms with E-state index in [0.29, 0.717) is 0 Å². The van der Waals surface area contributed by atoms with Gasteiger partial charge in [0.2, 0.25) is 0 Å². The van der Waals surface area contributed by atoms with Crippen LogP contribution in [0.15, 0.2) is 176 Å². The summed E-state index contributed by atoms with van der Waals surface area (Å²) < 4.78 is 7.38. The van der Waals surface area contributed by atoms with E-state index < -0.39 is 0 Å². The first-order valence-corrected chi connectivity index (χ1v) is 16.9. The molecule has 0 N–H and O–H groups in total. The van der Waals surface area contributed by atoms with Gasteiger partial charge in [0.25, 0.3) is 0 Å². The Kier molecular flexibility index (Phi) is 5.38. The molecular weight excluding hydrogens is 595 g/mol. The second-order valence-corrected chi connectivity index (χ2v) is 13.0. The summed E-state index contributed by atoms with van der Waals surface area (Å²) in [6.45, 7) is 0. The zero-order valence-electron chi connectivity index (χ0n) is 26.6. The van der Waals surface area contributed by atoms with Crippen molar-refractivity contribution < 1.29 is 0 Å². The first-order valence-electron chi connectivity index (χ1n) is 16.9. The summed E-state index contributed by atoms with van der Waals surface area (Å²) in [6.07, 6.45) is 0. The van der Waals surface area contributed by atoms with E-state index in [9.17, 15) is 0 Å². The molecule has 0 bridgehead atoms. The standard InChI is InChI=1S/C46H29N3/c1-3-16-32(17-4-1)47-38-22-11-9-20-35(38)44-40(47)24-13-25-41(44)49-39-23-12-10-21-36(39)45-42(49)27-26-34-37-28-30-14-7-8-15-31(30)29-43(37)48(46(34)45)33-18-5-2-6-19-33/h1-29H. The molecule has 0 saturated carbocycles. The smallest absolute Gasteiger partial charge is 0.0641 e. The van der Waals surface area contributed by atoms with Crippen LogP contribution in [0.2, 0.25) is 0 Å². The Morgan fingerprint density at radius 2 is 0.837 bits per heavy atom. The molecule has 3 nitrogen and oxygen atoms in total. The van der Waals surface area contributed by atoms with Crippen LogP contribution in [0.4, 0.5) is 0 Å². The van der Waals surface area contributed by atoms with E-state index in [4.69, 9.17) is 0 Å². The molecule has 0 aliphatic rings. The van der Waals surface area contributed by atoms with Crippen LogP contribution in [-0.2, 0) is 0 Å². The van der Waals surface area contributed by atoms with Crippen LogP contribution in [0.1, 0.15) is 0 Å². The van der Waals surface area contributed by atoms with Gasteiger partial charge in [0, 0.05) is 43.7 Å². The van der Waals surface area contributed by atoms with Crippen molar-refractivity contribution in [3.8, 4) is 17.1 Å². The summed E-state index contributed by atoms with van der Waals surface area (Å²) in [7, 11) is 0. The number of para-hydroxylation sites is 4. The molecule has 228 valence electrons. The maximum Gasteiger partial charge on any atom is 0.0641 e. The first kappa shape index (κ1) is 26.5. The van der Waals surface area contributed by atoms with Gasteiger partial charge in [0.05, 0.1) is 38.8 Å². The van der Waals surface area contributed by atoms with Crippen LogP contribution in [0.25, 0.3) is 93.3 Å². The first-order chi connectivity index (χ1) is 24.3. The van der Waals surface area contributed by atoms with Crippen molar-refractivity contribution in [2.75, 3.05) is 0 Å². The quantitative estimate of drug-likeness (QED) is 0.186. The third-order valence-corrected chi connectivity index (χ3v) is 10.4. The molecule has 0 amide bonds. The Morgan fingerprint density at radius 1 is 0.286 bits per heavy atom. The molecule has 0 radical (unpaired) electrons. The number of hydrogen-bond acceptors (Lipinski definition) is 0. The molecule has 0 atom stereocenters. The van der Waals surface area contributed by atoms with E-state index in [1.165, 1.54) is 81.9 Å². The Hall–Kier alpha value is -6.58. The number of benzene rings is 8. The molecule has 11 aromatic rings. The van der Waals surface area contributed by atoms with E-state index in [0.717, 1.165) is 11.4 Å². The number of hydrogen-bond donors (Lipinski definition) is 0. The lowest BCUT2D eigenvalue weighted by Crippen LogP contribution is -1.97. The monoisotopic (exact) mass is 623 g/mol. The molecular formula is C46H29N3. The largest absolute Gasteiger partial charge is 0.309 e. The second kappa shape index (κ2) is 9.96. The molecule has 3 heterocycles. The zero-order chi connectivity index (χ0) is 32.1. The summed E-state index contributed by atoms with van der Waals surface area (Å²) in [4.78, 5) is 0. The highest BCUT2D eigenvalue weighted by Crippen LogP contribution is 2.44. The molecule has 0 aliphatic carbocycles. The fourth-order valence-electron chi connectivity index (χ4n) is 8.39.